The number of carbonyl (C=O) groups excluding carboxylic acids is 1. The second-order valence-electron chi connectivity index (χ2n) is 6.24. The van der Waals surface area contributed by atoms with Crippen LogP contribution in [0.4, 0.5) is 0 Å². The molecule has 0 N–H and O–H groups in total. The molecular weight excluding hydrogens is 344 g/mol. The molecule has 138 valence electrons. The molecule has 1 fully saturated rings. The zero-order valence-corrected chi connectivity index (χ0v) is 15.7. The summed E-state index contributed by atoms with van der Waals surface area (Å²) in [6.07, 6.45) is 2.10. The molecule has 25 heavy (non-hydrogen) atoms. The Balaban J connectivity index is 1.58. The molecular formula is C15H24N6O3S. The highest BCUT2D eigenvalue weighted by Gasteiger charge is 2.27. The highest BCUT2D eigenvalue weighted by Crippen LogP contribution is 2.17. The van der Waals surface area contributed by atoms with Gasteiger partial charge >= 0.3 is 0 Å². The van der Waals surface area contributed by atoms with Crippen molar-refractivity contribution >= 4 is 27.0 Å². The second-order valence-corrected chi connectivity index (χ2v) is 8.50. The summed E-state index contributed by atoms with van der Waals surface area (Å²) >= 11 is 0. The van der Waals surface area contributed by atoms with Crippen LogP contribution >= 0.6 is 0 Å². The Hall–Kier alpha value is -1.94. The Morgan fingerprint density at radius 3 is 2.56 bits per heavy atom. The quantitative estimate of drug-likeness (QED) is 0.738. The minimum absolute atomic E-state index is 0.0266. The largest absolute Gasteiger partial charge is 0.340 e. The van der Waals surface area contributed by atoms with Gasteiger partial charge in [-0.2, -0.15) is 14.5 Å². The van der Waals surface area contributed by atoms with Crippen LogP contribution < -0.4 is 0 Å². The topological polar surface area (TPSA) is 93.3 Å². The van der Waals surface area contributed by atoms with E-state index in [1.54, 1.807) is 22.7 Å². The zero-order chi connectivity index (χ0) is 18.2. The van der Waals surface area contributed by atoms with E-state index in [0.29, 0.717) is 39.1 Å². The predicted octanol–water partition coefficient (Wildman–Crippen LogP) is -0.0378. The lowest BCUT2D eigenvalue weighted by Gasteiger charge is -2.33. The molecule has 2 aromatic rings. The number of hydrogen-bond acceptors (Lipinski definition) is 5. The van der Waals surface area contributed by atoms with Gasteiger partial charge < -0.3 is 4.90 Å². The van der Waals surface area contributed by atoms with Crippen molar-refractivity contribution < 1.29 is 13.2 Å². The highest BCUT2D eigenvalue weighted by atomic mass is 32.2. The average Bonchev–Trinajstić information content (AvgIpc) is 3.15. The van der Waals surface area contributed by atoms with Crippen LogP contribution in [-0.2, 0) is 28.4 Å². The van der Waals surface area contributed by atoms with Crippen molar-refractivity contribution in [3.63, 3.8) is 0 Å². The molecule has 3 rings (SSSR count). The molecule has 1 aliphatic rings. The SMILES string of the molecule is CCS(=O)(=O)N1CCN(C(=O)CCn2ncc3c2c(C)nn3C)CC1. The van der Waals surface area contributed by atoms with Gasteiger partial charge in [0.15, 0.2) is 0 Å². The number of carbonyl (C=O) groups is 1. The molecule has 0 atom stereocenters. The van der Waals surface area contributed by atoms with Gasteiger partial charge in [-0.3, -0.25) is 14.2 Å². The van der Waals surface area contributed by atoms with Gasteiger partial charge in [0, 0.05) is 39.6 Å². The van der Waals surface area contributed by atoms with Crippen LogP contribution in [0.25, 0.3) is 11.0 Å². The van der Waals surface area contributed by atoms with Gasteiger partial charge in [-0.05, 0) is 13.8 Å². The van der Waals surface area contributed by atoms with Crippen molar-refractivity contribution in [1.29, 1.82) is 0 Å². The maximum atomic E-state index is 12.4. The van der Waals surface area contributed by atoms with Crippen molar-refractivity contribution in [1.82, 2.24) is 28.8 Å². The standard InChI is InChI=1S/C15H24N6O3S/c1-4-25(23,24)20-9-7-19(8-10-20)14(22)5-6-21-15-12(2)17-18(3)13(15)11-16-21/h11H,4-10H2,1-3H3. The first kappa shape index (κ1) is 17.9. The third kappa shape index (κ3) is 3.40. The average molecular weight is 368 g/mol. The van der Waals surface area contributed by atoms with E-state index in [9.17, 15) is 13.2 Å². The molecule has 10 heteroatoms. The Morgan fingerprint density at radius 2 is 1.92 bits per heavy atom. The molecule has 0 aliphatic carbocycles. The molecule has 0 unspecified atom stereocenters. The predicted molar refractivity (Wildman–Crippen MR) is 93.5 cm³/mol. The summed E-state index contributed by atoms with van der Waals surface area (Å²) in [7, 11) is -1.30. The van der Waals surface area contributed by atoms with Crippen LogP contribution in [0, 0.1) is 6.92 Å². The third-order valence-corrected chi connectivity index (χ3v) is 6.58. The van der Waals surface area contributed by atoms with E-state index in [2.05, 4.69) is 10.2 Å². The first-order valence-electron chi connectivity index (χ1n) is 8.44. The molecule has 1 aliphatic heterocycles. The Labute approximate surface area is 147 Å². The van der Waals surface area contributed by atoms with Crippen molar-refractivity contribution in [2.75, 3.05) is 31.9 Å². The summed E-state index contributed by atoms with van der Waals surface area (Å²) in [6.45, 7) is 5.68. The third-order valence-electron chi connectivity index (χ3n) is 4.70. The number of aromatic nitrogens is 4. The van der Waals surface area contributed by atoms with E-state index in [0.717, 1.165) is 16.7 Å². The van der Waals surface area contributed by atoms with E-state index in [1.807, 2.05) is 18.7 Å². The van der Waals surface area contributed by atoms with E-state index in [-0.39, 0.29) is 11.7 Å². The number of piperazine rings is 1. The van der Waals surface area contributed by atoms with Gasteiger partial charge in [-0.25, -0.2) is 8.42 Å². The van der Waals surface area contributed by atoms with Crippen molar-refractivity contribution in [3.05, 3.63) is 11.9 Å². The number of amides is 1. The molecule has 0 saturated carbocycles. The Bertz CT molecular complexity index is 877. The van der Waals surface area contributed by atoms with Gasteiger partial charge in [-0.15, -0.1) is 0 Å². The molecule has 2 aromatic heterocycles. The molecule has 0 spiro atoms. The van der Waals surface area contributed by atoms with Gasteiger partial charge in [0.25, 0.3) is 0 Å². The van der Waals surface area contributed by atoms with E-state index in [4.69, 9.17) is 0 Å². The summed E-state index contributed by atoms with van der Waals surface area (Å²) in [5.41, 5.74) is 2.79. The fourth-order valence-electron chi connectivity index (χ4n) is 3.24. The molecule has 0 radical (unpaired) electrons. The number of aryl methyl sites for hydroxylation is 3. The maximum absolute atomic E-state index is 12.4. The van der Waals surface area contributed by atoms with Crippen LogP contribution in [0.1, 0.15) is 19.0 Å². The lowest BCUT2D eigenvalue weighted by molar-refractivity contribution is -0.132. The molecule has 0 aromatic carbocycles. The number of fused-ring (bicyclic) bond motifs is 1. The monoisotopic (exact) mass is 368 g/mol. The minimum Gasteiger partial charge on any atom is -0.340 e. The Kier molecular flexibility index (Phi) is 4.83. The van der Waals surface area contributed by atoms with Gasteiger partial charge in [0.1, 0.15) is 11.0 Å². The Morgan fingerprint density at radius 1 is 1.24 bits per heavy atom. The van der Waals surface area contributed by atoms with Crippen LogP contribution in [0.5, 0.6) is 0 Å². The molecule has 0 bridgehead atoms. The number of hydrogen-bond donors (Lipinski definition) is 0. The molecule has 9 nitrogen and oxygen atoms in total. The van der Waals surface area contributed by atoms with Crippen LogP contribution in [0.2, 0.25) is 0 Å². The lowest BCUT2D eigenvalue weighted by Crippen LogP contribution is -2.51. The second kappa shape index (κ2) is 6.75. The van der Waals surface area contributed by atoms with Crippen molar-refractivity contribution in [2.24, 2.45) is 7.05 Å². The van der Waals surface area contributed by atoms with Crippen LogP contribution in [0.15, 0.2) is 6.20 Å². The first-order chi connectivity index (χ1) is 11.8. The van der Waals surface area contributed by atoms with E-state index in [1.165, 1.54) is 4.31 Å². The summed E-state index contributed by atoms with van der Waals surface area (Å²) < 4.78 is 28.8. The number of sulfonamides is 1. The molecule has 1 amide bonds. The summed E-state index contributed by atoms with van der Waals surface area (Å²) in [6, 6.07) is 0. The lowest BCUT2D eigenvalue weighted by atomic mass is 10.3. The smallest absolute Gasteiger partial charge is 0.224 e. The fraction of sp³-hybridized carbons (Fsp3) is 0.667. The van der Waals surface area contributed by atoms with Crippen molar-refractivity contribution in [2.45, 2.75) is 26.8 Å². The summed E-state index contributed by atoms with van der Waals surface area (Å²) in [5, 5.41) is 8.71. The fourth-order valence-corrected chi connectivity index (χ4v) is 4.32. The number of rotatable bonds is 5. The first-order valence-corrected chi connectivity index (χ1v) is 10.0. The zero-order valence-electron chi connectivity index (χ0n) is 14.8. The van der Waals surface area contributed by atoms with Gasteiger partial charge in [-0.1, -0.05) is 0 Å². The normalized spacial score (nSPS) is 16.7. The van der Waals surface area contributed by atoms with Crippen LogP contribution in [0.3, 0.4) is 0 Å². The number of nitrogens with zero attached hydrogens (tertiary/aromatic N) is 6. The molecule has 3 heterocycles. The highest BCUT2D eigenvalue weighted by molar-refractivity contribution is 7.89. The minimum atomic E-state index is -3.17. The summed E-state index contributed by atoms with van der Waals surface area (Å²) in [5.74, 6) is 0.125. The van der Waals surface area contributed by atoms with Crippen LogP contribution in [-0.4, -0.2) is 75.0 Å². The van der Waals surface area contributed by atoms with E-state index >= 15 is 0 Å². The summed E-state index contributed by atoms with van der Waals surface area (Å²) in [4.78, 5) is 14.2. The van der Waals surface area contributed by atoms with E-state index < -0.39 is 10.0 Å². The van der Waals surface area contributed by atoms with Crippen molar-refractivity contribution in [3.8, 4) is 0 Å². The van der Waals surface area contributed by atoms with Gasteiger partial charge in [0.2, 0.25) is 15.9 Å². The van der Waals surface area contributed by atoms with Gasteiger partial charge in [0.05, 0.1) is 24.2 Å². The maximum Gasteiger partial charge on any atom is 0.224 e. The molecule has 1 saturated heterocycles.